The molecule has 0 saturated carbocycles. The van der Waals surface area contributed by atoms with Gasteiger partial charge in [0.2, 0.25) is 11.8 Å². The molecule has 11 heteroatoms. The average molecular weight is 471 g/mol. The van der Waals surface area contributed by atoms with Gasteiger partial charge in [0, 0.05) is 35.4 Å². The van der Waals surface area contributed by atoms with Crippen LogP contribution in [0.2, 0.25) is 0 Å². The standard InChI is InChI=1S/C21H25F3N4O3S/c1-13-5-6-15(8-25-13)17-11-32-18(27-17)9-26-20(30)16-4-3-7-28(14(16)2)19(29)10-31-12-21(22,23)24/h5-6,8,11,14,16H,3-4,7,9-10,12H2,1-2H3,(H,26,30)/t14-,16-/m0/s1. The normalized spacial score (nSPS) is 19.1. The zero-order chi connectivity index (χ0) is 23.3. The van der Waals surface area contributed by atoms with Crippen LogP contribution in [0.5, 0.6) is 0 Å². The molecule has 0 bridgehead atoms. The Kier molecular flexibility index (Phi) is 7.83. The summed E-state index contributed by atoms with van der Waals surface area (Å²) < 4.78 is 41.1. The number of carbonyl (C=O) groups is 2. The van der Waals surface area contributed by atoms with Crippen LogP contribution < -0.4 is 5.32 Å². The lowest BCUT2D eigenvalue weighted by molar-refractivity contribution is -0.178. The van der Waals surface area contributed by atoms with E-state index in [1.807, 2.05) is 24.4 Å². The number of alkyl halides is 3. The number of amides is 2. The summed E-state index contributed by atoms with van der Waals surface area (Å²) in [5, 5.41) is 5.51. The molecule has 2 aromatic rings. The molecule has 0 unspecified atom stereocenters. The summed E-state index contributed by atoms with van der Waals surface area (Å²) >= 11 is 1.43. The summed E-state index contributed by atoms with van der Waals surface area (Å²) in [7, 11) is 0. The third-order valence-corrected chi connectivity index (χ3v) is 6.16. The van der Waals surface area contributed by atoms with Gasteiger partial charge in [-0.25, -0.2) is 4.98 Å². The van der Waals surface area contributed by atoms with Crippen molar-refractivity contribution in [1.29, 1.82) is 0 Å². The highest BCUT2D eigenvalue weighted by Crippen LogP contribution is 2.25. The van der Waals surface area contributed by atoms with E-state index < -0.39 is 37.3 Å². The first-order valence-electron chi connectivity index (χ1n) is 10.2. The number of hydrogen-bond acceptors (Lipinski definition) is 6. The Hall–Kier alpha value is -2.53. The summed E-state index contributed by atoms with van der Waals surface area (Å²) in [6, 6.07) is 3.41. The number of carbonyl (C=O) groups excluding carboxylic acids is 2. The van der Waals surface area contributed by atoms with Gasteiger partial charge in [-0.05, 0) is 38.8 Å². The molecule has 174 valence electrons. The van der Waals surface area contributed by atoms with Gasteiger partial charge in [0.15, 0.2) is 0 Å². The molecule has 2 atom stereocenters. The van der Waals surface area contributed by atoms with E-state index >= 15 is 0 Å². The SMILES string of the molecule is Cc1ccc(-c2csc(CNC(=O)[C@H]3CCCN(C(=O)COCC(F)(F)F)[C@H]3C)n2)cn1. The Balaban J connectivity index is 1.52. The fourth-order valence-corrected chi connectivity index (χ4v) is 4.36. The maximum Gasteiger partial charge on any atom is 0.411 e. The van der Waals surface area contributed by atoms with Gasteiger partial charge < -0.3 is 15.0 Å². The van der Waals surface area contributed by atoms with Crippen molar-refractivity contribution < 1.29 is 27.5 Å². The van der Waals surface area contributed by atoms with E-state index in [9.17, 15) is 22.8 Å². The Morgan fingerprint density at radius 1 is 1.34 bits per heavy atom. The highest BCUT2D eigenvalue weighted by Gasteiger charge is 2.36. The molecule has 1 fully saturated rings. The molecule has 0 spiro atoms. The Morgan fingerprint density at radius 3 is 2.81 bits per heavy atom. The van der Waals surface area contributed by atoms with Crippen molar-refractivity contribution in [3.8, 4) is 11.3 Å². The third kappa shape index (κ3) is 6.49. The lowest BCUT2D eigenvalue weighted by Crippen LogP contribution is -2.52. The van der Waals surface area contributed by atoms with Gasteiger partial charge >= 0.3 is 6.18 Å². The number of piperidine rings is 1. The smallest absolute Gasteiger partial charge is 0.362 e. The van der Waals surface area contributed by atoms with Crippen LogP contribution >= 0.6 is 11.3 Å². The molecule has 0 aromatic carbocycles. The van der Waals surface area contributed by atoms with E-state index in [-0.39, 0.29) is 12.5 Å². The van der Waals surface area contributed by atoms with Crippen LogP contribution in [0.15, 0.2) is 23.7 Å². The zero-order valence-electron chi connectivity index (χ0n) is 17.8. The largest absolute Gasteiger partial charge is 0.411 e. The highest BCUT2D eigenvalue weighted by molar-refractivity contribution is 7.09. The number of pyridine rings is 1. The summed E-state index contributed by atoms with van der Waals surface area (Å²) in [5.74, 6) is -1.20. The van der Waals surface area contributed by atoms with Gasteiger partial charge in [0.25, 0.3) is 0 Å². The van der Waals surface area contributed by atoms with Crippen molar-refractivity contribution in [3.63, 3.8) is 0 Å². The lowest BCUT2D eigenvalue weighted by atomic mass is 9.89. The van der Waals surface area contributed by atoms with Crippen LogP contribution in [0.3, 0.4) is 0 Å². The predicted molar refractivity (Wildman–Crippen MR) is 113 cm³/mol. The summed E-state index contributed by atoms with van der Waals surface area (Å²) in [5.41, 5.74) is 2.60. The molecule has 32 heavy (non-hydrogen) atoms. The second-order valence-corrected chi connectivity index (χ2v) is 8.66. The van der Waals surface area contributed by atoms with Crippen molar-refractivity contribution in [2.24, 2.45) is 5.92 Å². The maximum absolute atomic E-state index is 12.7. The quantitative estimate of drug-likeness (QED) is 0.671. The zero-order valence-corrected chi connectivity index (χ0v) is 18.6. The first kappa shape index (κ1) is 24.1. The number of aromatic nitrogens is 2. The molecule has 1 aliphatic heterocycles. The summed E-state index contributed by atoms with van der Waals surface area (Å²) in [6.07, 6.45) is -1.55. The minimum absolute atomic E-state index is 0.208. The van der Waals surface area contributed by atoms with Gasteiger partial charge in [-0.1, -0.05) is 0 Å². The predicted octanol–water partition coefficient (Wildman–Crippen LogP) is 3.34. The number of hydrogen-bond donors (Lipinski definition) is 1. The lowest BCUT2D eigenvalue weighted by Gasteiger charge is -2.38. The minimum Gasteiger partial charge on any atom is -0.362 e. The van der Waals surface area contributed by atoms with E-state index in [0.717, 1.165) is 22.0 Å². The van der Waals surface area contributed by atoms with Crippen LogP contribution in [0.1, 0.15) is 30.5 Å². The van der Waals surface area contributed by atoms with E-state index in [1.54, 1.807) is 13.1 Å². The monoisotopic (exact) mass is 470 g/mol. The van der Waals surface area contributed by atoms with Crippen LogP contribution in [0, 0.1) is 12.8 Å². The number of likely N-dealkylation sites (tertiary alicyclic amines) is 1. The van der Waals surface area contributed by atoms with Crippen LogP contribution in [-0.4, -0.2) is 58.7 Å². The second-order valence-electron chi connectivity index (χ2n) is 7.72. The summed E-state index contributed by atoms with van der Waals surface area (Å²) in [4.78, 5) is 35.3. The molecule has 2 aromatic heterocycles. The molecule has 3 heterocycles. The van der Waals surface area contributed by atoms with Crippen molar-refractivity contribution in [3.05, 3.63) is 34.4 Å². The molecule has 0 radical (unpaired) electrons. The van der Waals surface area contributed by atoms with Gasteiger partial charge in [-0.15, -0.1) is 11.3 Å². The molecule has 7 nitrogen and oxygen atoms in total. The molecular formula is C21H25F3N4O3S. The first-order chi connectivity index (χ1) is 15.1. The van der Waals surface area contributed by atoms with Crippen LogP contribution in [0.25, 0.3) is 11.3 Å². The Morgan fingerprint density at radius 2 is 2.12 bits per heavy atom. The van der Waals surface area contributed by atoms with Gasteiger partial charge in [-0.3, -0.25) is 14.6 Å². The molecule has 0 aliphatic carbocycles. The van der Waals surface area contributed by atoms with Gasteiger partial charge in [0.05, 0.1) is 18.2 Å². The Bertz CT molecular complexity index is 933. The van der Waals surface area contributed by atoms with Crippen LogP contribution in [-0.2, 0) is 20.9 Å². The number of ether oxygens (including phenoxy) is 1. The van der Waals surface area contributed by atoms with E-state index in [4.69, 9.17) is 0 Å². The van der Waals surface area contributed by atoms with Crippen molar-refractivity contribution in [1.82, 2.24) is 20.2 Å². The van der Waals surface area contributed by atoms with Gasteiger partial charge in [-0.2, -0.15) is 13.2 Å². The van der Waals surface area contributed by atoms with Crippen molar-refractivity contribution in [2.75, 3.05) is 19.8 Å². The minimum atomic E-state index is -4.48. The fourth-order valence-electron chi connectivity index (χ4n) is 3.62. The van der Waals surface area contributed by atoms with Crippen LogP contribution in [0.4, 0.5) is 13.2 Å². The number of halogens is 3. The van der Waals surface area contributed by atoms with E-state index in [0.29, 0.717) is 19.4 Å². The summed E-state index contributed by atoms with van der Waals surface area (Å²) in [6.45, 7) is 2.15. The molecular weight excluding hydrogens is 445 g/mol. The highest BCUT2D eigenvalue weighted by atomic mass is 32.1. The number of nitrogens with one attached hydrogen (secondary N) is 1. The van der Waals surface area contributed by atoms with Gasteiger partial charge in [0.1, 0.15) is 18.2 Å². The molecule has 1 aliphatic rings. The molecule has 2 amide bonds. The molecule has 1 saturated heterocycles. The van der Waals surface area contributed by atoms with Crippen molar-refractivity contribution in [2.45, 2.75) is 45.5 Å². The van der Waals surface area contributed by atoms with E-state index in [2.05, 4.69) is 20.0 Å². The fraction of sp³-hybridized carbons (Fsp3) is 0.524. The second kappa shape index (κ2) is 10.4. The number of aryl methyl sites for hydroxylation is 1. The topological polar surface area (TPSA) is 84.4 Å². The Labute approximate surface area is 188 Å². The first-order valence-corrected chi connectivity index (χ1v) is 11.1. The molecule has 3 rings (SSSR count). The maximum atomic E-state index is 12.7. The molecule has 1 N–H and O–H groups in total. The number of rotatable bonds is 7. The number of nitrogens with zero attached hydrogens (tertiary/aromatic N) is 3. The average Bonchev–Trinajstić information content (AvgIpc) is 3.20. The third-order valence-electron chi connectivity index (χ3n) is 5.31. The van der Waals surface area contributed by atoms with Crippen molar-refractivity contribution >= 4 is 23.2 Å². The van der Waals surface area contributed by atoms with E-state index in [1.165, 1.54) is 16.2 Å². The number of thiazole rings is 1.